The van der Waals surface area contributed by atoms with Gasteiger partial charge in [-0.2, -0.15) is 5.26 Å². The van der Waals surface area contributed by atoms with Crippen molar-refractivity contribution in [2.75, 3.05) is 5.32 Å². The first-order chi connectivity index (χ1) is 13.4. The van der Waals surface area contributed by atoms with Crippen LogP contribution in [-0.4, -0.2) is 16.9 Å². The number of carbonyl (C=O) groups excluding carboxylic acids is 2. The fourth-order valence-electron chi connectivity index (χ4n) is 2.70. The van der Waals surface area contributed by atoms with Crippen LogP contribution in [0.4, 0.5) is 5.69 Å². The van der Waals surface area contributed by atoms with Crippen molar-refractivity contribution in [2.24, 2.45) is 0 Å². The molecular weight excluding hydrogens is 401 g/mol. The molecule has 1 N–H and O–H groups in total. The summed E-state index contributed by atoms with van der Waals surface area (Å²) in [7, 11) is 0. The number of fused-ring (bicyclic) bond motifs is 1. The van der Waals surface area contributed by atoms with Crippen molar-refractivity contribution in [3.63, 3.8) is 0 Å². The molecule has 1 heterocycles. The number of para-hydroxylation sites is 1. The van der Waals surface area contributed by atoms with Gasteiger partial charge in [-0.25, -0.2) is 0 Å². The molecule has 0 aliphatic heterocycles. The molecule has 0 bridgehead atoms. The van der Waals surface area contributed by atoms with E-state index in [-0.39, 0.29) is 27.8 Å². The minimum atomic E-state index is -0.490. The van der Waals surface area contributed by atoms with Crippen LogP contribution in [0.1, 0.15) is 28.4 Å². The van der Waals surface area contributed by atoms with Gasteiger partial charge >= 0.3 is 5.97 Å². The van der Waals surface area contributed by atoms with Crippen molar-refractivity contribution < 1.29 is 14.3 Å². The van der Waals surface area contributed by atoms with E-state index in [1.807, 2.05) is 6.07 Å². The summed E-state index contributed by atoms with van der Waals surface area (Å²) in [4.78, 5) is 28.2. The molecule has 3 aromatic rings. The largest absolute Gasteiger partial charge is 0.461 e. The van der Waals surface area contributed by atoms with Crippen LogP contribution >= 0.6 is 23.2 Å². The smallest absolute Gasteiger partial charge is 0.302 e. The SMILES string of the molecule is CC(=O)OCc1c(C#N)cnc2c(NC(=O)c3c(Cl)cccc3Cl)cccc12. The molecule has 0 aliphatic carbocycles. The fourth-order valence-corrected chi connectivity index (χ4v) is 3.27. The lowest BCUT2D eigenvalue weighted by Gasteiger charge is -2.13. The predicted molar refractivity (Wildman–Crippen MR) is 106 cm³/mol. The number of rotatable bonds is 4. The maximum absolute atomic E-state index is 12.7. The van der Waals surface area contributed by atoms with Crippen molar-refractivity contribution in [3.05, 3.63) is 69.3 Å². The first-order valence-corrected chi connectivity index (χ1v) is 8.87. The third kappa shape index (κ3) is 3.91. The van der Waals surface area contributed by atoms with E-state index in [2.05, 4.69) is 10.3 Å². The average molecular weight is 414 g/mol. The Balaban J connectivity index is 2.06. The van der Waals surface area contributed by atoms with Crippen molar-refractivity contribution >= 4 is 51.7 Å². The molecule has 0 unspecified atom stereocenters. The van der Waals surface area contributed by atoms with Crippen molar-refractivity contribution in [1.29, 1.82) is 5.26 Å². The second-order valence-electron chi connectivity index (χ2n) is 5.80. The number of carbonyl (C=O) groups is 2. The summed E-state index contributed by atoms with van der Waals surface area (Å²) in [6, 6.07) is 11.9. The van der Waals surface area contributed by atoms with Gasteiger partial charge in [-0.1, -0.05) is 41.4 Å². The number of halogens is 2. The van der Waals surface area contributed by atoms with Crippen LogP contribution in [-0.2, 0) is 16.1 Å². The van der Waals surface area contributed by atoms with Gasteiger partial charge in [0.2, 0.25) is 0 Å². The summed E-state index contributed by atoms with van der Waals surface area (Å²) in [5, 5.41) is 13.1. The van der Waals surface area contributed by atoms with Gasteiger partial charge in [-0.3, -0.25) is 14.6 Å². The van der Waals surface area contributed by atoms with Crippen LogP contribution in [0, 0.1) is 11.3 Å². The van der Waals surface area contributed by atoms with Gasteiger partial charge in [0.1, 0.15) is 12.7 Å². The highest BCUT2D eigenvalue weighted by molar-refractivity contribution is 6.40. The Labute approximate surface area is 170 Å². The Morgan fingerprint density at radius 2 is 1.86 bits per heavy atom. The normalized spacial score (nSPS) is 10.4. The van der Waals surface area contributed by atoms with Crippen LogP contribution in [0.5, 0.6) is 0 Å². The zero-order valence-corrected chi connectivity index (χ0v) is 16.1. The van der Waals surface area contributed by atoms with E-state index in [1.54, 1.807) is 36.4 Å². The Morgan fingerprint density at radius 3 is 2.50 bits per heavy atom. The van der Waals surface area contributed by atoms with E-state index >= 15 is 0 Å². The molecule has 1 aromatic heterocycles. The molecule has 0 radical (unpaired) electrons. The molecular formula is C20H13Cl2N3O3. The number of nitriles is 1. The van der Waals surface area contributed by atoms with Crippen LogP contribution in [0.15, 0.2) is 42.6 Å². The zero-order chi connectivity index (χ0) is 20.3. The van der Waals surface area contributed by atoms with E-state index in [0.29, 0.717) is 22.2 Å². The van der Waals surface area contributed by atoms with E-state index in [4.69, 9.17) is 27.9 Å². The zero-order valence-electron chi connectivity index (χ0n) is 14.6. The molecule has 0 fully saturated rings. The number of amides is 1. The quantitative estimate of drug-likeness (QED) is 0.624. The highest BCUT2D eigenvalue weighted by atomic mass is 35.5. The van der Waals surface area contributed by atoms with Gasteiger partial charge in [0.25, 0.3) is 5.91 Å². The highest BCUT2D eigenvalue weighted by Crippen LogP contribution is 2.29. The van der Waals surface area contributed by atoms with Crippen LogP contribution in [0.2, 0.25) is 10.0 Å². The van der Waals surface area contributed by atoms with E-state index < -0.39 is 11.9 Å². The van der Waals surface area contributed by atoms with Crippen LogP contribution < -0.4 is 5.32 Å². The summed E-state index contributed by atoms with van der Waals surface area (Å²) >= 11 is 12.2. The minimum Gasteiger partial charge on any atom is -0.461 e. The third-order valence-corrected chi connectivity index (χ3v) is 4.62. The minimum absolute atomic E-state index is 0.0784. The van der Waals surface area contributed by atoms with Gasteiger partial charge in [0.05, 0.1) is 32.4 Å². The van der Waals surface area contributed by atoms with E-state index in [1.165, 1.54) is 13.1 Å². The van der Waals surface area contributed by atoms with Gasteiger partial charge in [0, 0.05) is 24.1 Å². The lowest BCUT2D eigenvalue weighted by Crippen LogP contribution is -2.14. The Kier molecular flexibility index (Phi) is 5.78. The van der Waals surface area contributed by atoms with Gasteiger partial charge in [0.15, 0.2) is 0 Å². The summed E-state index contributed by atoms with van der Waals surface area (Å²) in [6.45, 7) is 1.21. The Hall–Kier alpha value is -3.14. The highest BCUT2D eigenvalue weighted by Gasteiger charge is 2.18. The van der Waals surface area contributed by atoms with Gasteiger partial charge < -0.3 is 10.1 Å². The lowest BCUT2D eigenvalue weighted by molar-refractivity contribution is -0.142. The predicted octanol–water partition coefficient (Wildman–Crippen LogP) is 4.73. The van der Waals surface area contributed by atoms with E-state index in [0.717, 1.165) is 0 Å². The molecule has 1 amide bonds. The molecule has 140 valence electrons. The Morgan fingerprint density at radius 1 is 1.18 bits per heavy atom. The summed E-state index contributed by atoms with van der Waals surface area (Å²) in [5.41, 5.74) is 1.80. The first-order valence-electron chi connectivity index (χ1n) is 8.11. The fraction of sp³-hybridized carbons (Fsp3) is 0.100. The van der Waals surface area contributed by atoms with Gasteiger partial charge in [-0.05, 0) is 18.2 Å². The van der Waals surface area contributed by atoms with Crippen LogP contribution in [0.3, 0.4) is 0 Å². The second-order valence-corrected chi connectivity index (χ2v) is 6.61. The summed E-state index contributed by atoms with van der Waals surface area (Å²) in [6.07, 6.45) is 1.37. The van der Waals surface area contributed by atoms with E-state index in [9.17, 15) is 14.9 Å². The maximum atomic E-state index is 12.7. The molecule has 0 saturated carbocycles. The molecule has 0 saturated heterocycles. The molecule has 3 rings (SSSR count). The number of esters is 1. The van der Waals surface area contributed by atoms with Crippen LogP contribution in [0.25, 0.3) is 10.9 Å². The number of hydrogen-bond donors (Lipinski definition) is 1. The van der Waals surface area contributed by atoms with Crippen molar-refractivity contribution in [1.82, 2.24) is 4.98 Å². The number of nitrogens with one attached hydrogen (secondary N) is 1. The Bertz CT molecular complexity index is 1120. The standard InChI is InChI=1S/C20H13Cl2N3O3/c1-11(26)28-10-14-12(8-23)9-24-19-13(14)4-2-7-17(19)25-20(27)18-15(21)5-3-6-16(18)22/h2-7,9H,10H2,1H3,(H,25,27). The average Bonchev–Trinajstić information content (AvgIpc) is 2.66. The lowest BCUT2D eigenvalue weighted by atomic mass is 10.0. The number of pyridine rings is 1. The number of nitrogens with zero attached hydrogens (tertiary/aromatic N) is 2. The third-order valence-electron chi connectivity index (χ3n) is 3.99. The molecule has 0 spiro atoms. The second kappa shape index (κ2) is 8.26. The first kappa shape index (κ1) is 19.6. The molecule has 28 heavy (non-hydrogen) atoms. The summed E-state index contributed by atoms with van der Waals surface area (Å²) < 4.78 is 5.06. The molecule has 2 aromatic carbocycles. The molecule has 0 atom stereocenters. The number of aromatic nitrogens is 1. The van der Waals surface area contributed by atoms with Crippen molar-refractivity contribution in [2.45, 2.75) is 13.5 Å². The molecule has 8 heteroatoms. The summed E-state index contributed by atoms with van der Waals surface area (Å²) in [5.74, 6) is -0.956. The number of anilines is 1. The van der Waals surface area contributed by atoms with Crippen molar-refractivity contribution in [3.8, 4) is 6.07 Å². The van der Waals surface area contributed by atoms with Gasteiger partial charge in [-0.15, -0.1) is 0 Å². The topological polar surface area (TPSA) is 92.1 Å². The number of hydrogen-bond acceptors (Lipinski definition) is 5. The number of ether oxygens (including phenoxy) is 1. The monoisotopic (exact) mass is 413 g/mol. The molecule has 0 aliphatic rings. The number of benzene rings is 2. The maximum Gasteiger partial charge on any atom is 0.302 e. The molecule has 6 nitrogen and oxygen atoms in total.